The summed E-state index contributed by atoms with van der Waals surface area (Å²) in [6.07, 6.45) is 2.68. The van der Waals surface area contributed by atoms with Crippen molar-refractivity contribution in [3.8, 4) is 0 Å². The molecule has 14 heavy (non-hydrogen) atoms. The van der Waals surface area contributed by atoms with Crippen molar-refractivity contribution in [3.05, 3.63) is 12.2 Å². The summed E-state index contributed by atoms with van der Waals surface area (Å²) >= 11 is 0. The quantitative estimate of drug-likeness (QED) is 0.679. The van der Waals surface area contributed by atoms with Gasteiger partial charge in [-0.3, -0.25) is 9.48 Å². The fourth-order valence-electron chi connectivity index (χ4n) is 1.57. The molecule has 0 aromatic carbocycles. The summed E-state index contributed by atoms with van der Waals surface area (Å²) in [7, 11) is 1.79. The molecule has 1 unspecified atom stereocenters. The zero-order valence-electron chi connectivity index (χ0n) is 8.14. The molecule has 0 bridgehead atoms. The Bertz CT molecular complexity index is 329. The molecule has 1 aliphatic rings. The minimum Gasteiger partial charge on any atom is -0.381 e. The van der Waals surface area contributed by atoms with Crippen molar-refractivity contribution in [1.29, 1.82) is 0 Å². The van der Waals surface area contributed by atoms with Gasteiger partial charge in [-0.1, -0.05) is 0 Å². The number of aromatic nitrogens is 3. The third kappa shape index (κ3) is 1.82. The molecule has 1 atom stereocenters. The zero-order chi connectivity index (χ0) is 9.97. The second kappa shape index (κ2) is 3.88. The third-order valence-electron chi connectivity index (χ3n) is 2.52. The number of nitrogens with zero attached hydrogens (tertiary/aromatic N) is 3. The Labute approximate surface area is 82.1 Å². The van der Waals surface area contributed by atoms with Gasteiger partial charge in [-0.05, 0) is 6.42 Å². The summed E-state index contributed by atoms with van der Waals surface area (Å²) in [5, 5.41) is 3.92. The van der Waals surface area contributed by atoms with Crippen LogP contribution < -0.4 is 0 Å². The predicted octanol–water partition coefficient (Wildman–Crippen LogP) is -0.0368. The molecule has 1 aromatic rings. The molecule has 5 nitrogen and oxygen atoms in total. The molecule has 0 N–H and O–H groups in total. The Hall–Kier alpha value is -1.23. The second-order valence-corrected chi connectivity index (χ2v) is 3.50. The smallest absolute Gasteiger partial charge is 0.145 e. The Kier molecular flexibility index (Phi) is 2.58. The van der Waals surface area contributed by atoms with Crippen LogP contribution >= 0.6 is 0 Å². The summed E-state index contributed by atoms with van der Waals surface area (Å²) in [5.41, 5.74) is 0. The average molecular weight is 195 g/mol. The summed E-state index contributed by atoms with van der Waals surface area (Å²) in [6.45, 7) is 1.27. The molecule has 2 rings (SSSR count). The fraction of sp³-hybridized carbons (Fsp3) is 0.667. The highest BCUT2D eigenvalue weighted by molar-refractivity contribution is 5.82. The van der Waals surface area contributed by atoms with Gasteiger partial charge >= 0.3 is 0 Å². The normalized spacial score (nSPS) is 21.4. The molecular formula is C9H13N3O2. The van der Waals surface area contributed by atoms with Crippen LogP contribution in [0.1, 0.15) is 12.2 Å². The van der Waals surface area contributed by atoms with Crippen LogP contribution in [0.5, 0.6) is 0 Å². The number of rotatable bonds is 3. The Morgan fingerprint density at radius 2 is 2.64 bits per heavy atom. The van der Waals surface area contributed by atoms with Gasteiger partial charge < -0.3 is 4.74 Å². The highest BCUT2D eigenvalue weighted by Crippen LogP contribution is 2.15. The van der Waals surface area contributed by atoms with Crippen molar-refractivity contribution in [2.45, 2.75) is 12.8 Å². The van der Waals surface area contributed by atoms with Crippen molar-refractivity contribution < 1.29 is 9.53 Å². The lowest BCUT2D eigenvalue weighted by Gasteiger charge is -2.05. The molecule has 0 amide bonds. The molecule has 5 heteroatoms. The van der Waals surface area contributed by atoms with Crippen LogP contribution in [0.15, 0.2) is 6.33 Å². The Morgan fingerprint density at radius 3 is 3.21 bits per heavy atom. The SMILES string of the molecule is Cn1ncnc1CC(=O)C1CCOC1. The third-order valence-corrected chi connectivity index (χ3v) is 2.52. The second-order valence-electron chi connectivity index (χ2n) is 3.50. The molecular weight excluding hydrogens is 182 g/mol. The zero-order valence-corrected chi connectivity index (χ0v) is 8.14. The van der Waals surface area contributed by atoms with Gasteiger partial charge in [0.2, 0.25) is 0 Å². The molecule has 1 aromatic heterocycles. The summed E-state index contributed by atoms with van der Waals surface area (Å²) in [5.74, 6) is 0.993. The van der Waals surface area contributed by atoms with Gasteiger partial charge in [-0.2, -0.15) is 5.10 Å². The van der Waals surface area contributed by atoms with E-state index in [-0.39, 0.29) is 11.7 Å². The lowest BCUT2D eigenvalue weighted by Crippen LogP contribution is -2.18. The monoisotopic (exact) mass is 195 g/mol. The molecule has 1 aliphatic heterocycles. The largest absolute Gasteiger partial charge is 0.381 e. The van der Waals surface area contributed by atoms with Crippen LogP contribution in [-0.2, 0) is 23.0 Å². The lowest BCUT2D eigenvalue weighted by molar-refractivity contribution is -0.122. The first-order chi connectivity index (χ1) is 6.77. The van der Waals surface area contributed by atoms with Crippen molar-refractivity contribution in [2.75, 3.05) is 13.2 Å². The first kappa shape index (κ1) is 9.33. The first-order valence-electron chi connectivity index (χ1n) is 4.70. The highest BCUT2D eigenvalue weighted by atomic mass is 16.5. The van der Waals surface area contributed by atoms with Crippen LogP contribution in [0.3, 0.4) is 0 Å². The van der Waals surface area contributed by atoms with Gasteiger partial charge in [0.05, 0.1) is 13.0 Å². The van der Waals surface area contributed by atoms with Crippen molar-refractivity contribution in [2.24, 2.45) is 13.0 Å². The average Bonchev–Trinajstić information content (AvgIpc) is 2.77. The molecule has 2 heterocycles. The predicted molar refractivity (Wildman–Crippen MR) is 48.6 cm³/mol. The van der Waals surface area contributed by atoms with E-state index in [2.05, 4.69) is 10.1 Å². The van der Waals surface area contributed by atoms with Crippen LogP contribution in [-0.4, -0.2) is 33.8 Å². The van der Waals surface area contributed by atoms with E-state index in [0.29, 0.717) is 19.6 Å². The van der Waals surface area contributed by atoms with Gasteiger partial charge in [-0.25, -0.2) is 4.98 Å². The summed E-state index contributed by atoms with van der Waals surface area (Å²) in [4.78, 5) is 15.7. The van der Waals surface area contributed by atoms with Crippen LogP contribution in [0.4, 0.5) is 0 Å². The summed E-state index contributed by atoms with van der Waals surface area (Å²) < 4.78 is 6.80. The molecule has 1 fully saturated rings. The number of hydrogen-bond acceptors (Lipinski definition) is 4. The molecule has 0 saturated carbocycles. The number of aryl methyl sites for hydroxylation is 1. The van der Waals surface area contributed by atoms with Gasteiger partial charge in [0.1, 0.15) is 17.9 Å². The highest BCUT2D eigenvalue weighted by Gasteiger charge is 2.24. The number of carbonyl (C=O) groups excluding carboxylic acids is 1. The number of Topliss-reactive ketones (excluding diaryl/α,β-unsaturated/α-hetero) is 1. The maximum Gasteiger partial charge on any atom is 0.145 e. The molecule has 0 radical (unpaired) electrons. The van der Waals surface area contributed by atoms with E-state index in [1.165, 1.54) is 6.33 Å². The van der Waals surface area contributed by atoms with Gasteiger partial charge in [-0.15, -0.1) is 0 Å². The van der Waals surface area contributed by atoms with Crippen LogP contribution in [0.2, 0.25) is 0 Å². The van der Waals surface area contributed by atoms with Gasteiger partial charge in [0.15, 0.2) is 0 Å². The summed E-state index contributed by atoms with van der Waals surface area (Å²) in [6, 6.07) is 0. The standard InChI is InChI=1S/C9H13N3O2/c1-12-9(10-6-11-12)4-8(13)7-2-3-14-5-7/h6-7H,2-5H2,1H3. The van der Waals surface area contributed by atoms with E-state index in [1.54, 1.807) is 11.7 Å². The Balaban J connectivity index is 1.97. The topological polar surface area (TPSA) is 57.0 Å². The van der Waals surface area contributed by atoms with E-state index >= 15 is 0 Å². The maximum absolute atomic E-state index is 11.7. The van der Waals surface area contributed by atoms with E-state index in [4.69, 9.17) is 4.74 Å². The molecule has 76 valence electrons. The van der Waals surface area contributed by atoms with Gasteiger partial charge in [0.25, 0.3) is 0 Å². The van der Waals surface area contributed by atoms with Crippen LogP contribution in [0.25, 0.3) is 0 Å². The molecule has 1 saturated heterocycles. The first-order valence-corrected chi connectivity index (χ1v) is 4.70. The maximum atomic E-state index is 11.7. The van der Waals surface area contributed by atoms with Crippen molar-refractivity contribution in [1.82, 2.24) is 14.8 Å². The number of carbonyl (C=O) groups is 1. The fourth-order valence-corrected chi connectivity index (χ4v) is 1.57. The lowest BCUT2D eigenvalue weighted by atomic mass is 10.0. The number of ketones is 1. The van der Waals surface area contributed by atoms with E-state index in [1.807, 2.05) is 0 Å². The minimum absolute atomic E-state index is 0.0618. The Morgan fingerprint density at radius 1 is 1.79 bits per heavy atom. The van der Waals surface area contributed by atoms with E-state index in [0.717, 1.165) is 12.2 Å². The van der Waals surface area contributed by atoms with Crippen LogP contribution in [0, 0.1) is 5.92 Å². The van der Waals surface area contributed by atoms with Crippen molar-refractivity contribution >= 4 is 5.78 Å². The number of hydrogen-bond donors (Lipinski definition) is 0. The van der Waals surface area contributed by atoms with Crippen molar-refractivity contribution in [3.63, 3.8) is 0 Å². The molecule has 0 aliphatic carbocycles. The van der Waals surface area contributed by atoms with E-state index in [9.17, 15) is 4.79 Å². The molecule has 0 spiro atoms. The van der Waals surface area contributed by atoms with Gasteiger partial charge in [0, 0.05) is 19.6 Å². The minimum atomic E-state index is 0.0618. The number of ether oxygens (including phenoxy) is 1. The van der Waals surface area contributed by atoms with E-state index < -0.39 is 0 Å².